The Morgan fingerprint density at radius 2 is 1.69 bits per heavy atom. The SMILES string of the molecule is CC(NC(=O)COC(=O)CCC(=O)c1ccccc1)c1ccc2c(c1)CCCC2. The lowest BCUT2D eigenvalue weighted by Crippen LogP contribution is -2.31. The molecule has 1 atom stereocenters. The lowest BCUT2D eigenvalue weighted by Gasteiger charge is -2.20. The molecule has 1 amide bonds. The Bertz CT molecular complexity index is 876. The summed E-state index contributed by atoms with van der Waals surface area (Å²) in [5.74, 6) is -1.02. The van der Waals surface area contributed by atoms with Gasteiger partial charge in [-0.3, -0.25) is 14.4 Å². The monoisotopic (exact) mass is 393 g/mol. The molecule has 29 heavy (non-hydrogen) atoms. The number of esters is 1. The van der Waals surface area contributed by atoms with Gasteiger partial charge in [0.05, 0.1) is 12.5 Å². The highest BCUT2D eigenvalue weighted by Crippen LogP contribution is 2.24. The molecule has 1 aliphatic rings. The maximum atomic E-state index is 12.1. The van der Waals surface area contributed by atoms with E-state index in [0.717, 1.165) is 18.4 Å². The summed E-state index contributed by atoms with van der Waals surface area (Å²) >= 11 is 0. The number of ether oxygens (including phenoxy) is 1. The Labute approximate surface area is 171 Å². The van der Waals surface area contributed by atoms with Crippen LogP contribution in [0.3, 0.4) is 0 Å². The first kappa shape index (κ1) is 20.8. The number of aryl methyl sites for hydroxylation is 2. The van der Waals surface area contributed by atoms with Crippen LogP contribution >= 0.6 is 0 Å². The van der Waals surface area contributed by atoms with Crippen LogP contribution in [-0.4, -0.2) is 24.3 Å². The van der Waals surface area contributed by atoms with Crippen molar-refractivity contribution in [2.45, 2.75) is 51.5 Å². The highest BCUT2D eigenvalue weighted by molar-refractivity contribution is 5.97. The molecule has 0 fully saturated rings. The van der Waals surface area contributed by atoms with Gasteiger partial charge in [0.1, 0.15) is 0 Å². The fourth-order valence-electron chi connectivity index (χ4n) is 3.59. The van der Waals surface area contributed by atoms with Crippen LogP contribution in [0.2, 0.25) is 0 Å². The molecular weight excluding hydrogens is 366 g/mol. The van der Waals surface area contributed by atoms with Crippen molar-refractivity contribution in [1.82, 2.24) is 5.32 Å². The summed E-state index contributed by atoms with van der Waals surface area (Å²) in [5.41, 5.74) is 4.39. The molecule has 0 saturated carbocycles. The Morgan fingerprint density at radius 1 is 0.966 bits per heavy atom. The predicted molar refractivity (Wildman–Crippen MR) is 111 cm³/mol. The van der Waals surface area contributed by atoms with E-state index in [1.54, 1.807) is 24.3 Å². The number of ketones is 1. The Balaban J connectivity index is 1.41. The van der Waals surface area contributed by atoms with Gasteiger partial charge in [0.2, 0.25) is 0 Å². The number of rotatable bonds is 8. The van der Waals surface area contributed by atoms with Gasteiger partial charge in [-0.15, -0.1) is 0 Å². The summed E-state index contributed by atoms with van der Waals surface area (Å²) in [6.45, 7) is 1.58. The molecule has 2 aromatic rings. The van der Waals surface area contributed by atoms with Crippen molar-refractivity contribution in [2.24, 2.45) is 0 Å². The van der Waals surface area contributed by atoms with Crippen molar-refractivity contribution in [3.05, 3.63) is 70.8 Å². The number of fused-ring (bicyclic) bond motifs is 1. The van der Waals surface area contributed by atoms with E-state index in [1.807, 2.05) is 13.0 Å². The molecule has 152 valence electrons. The lowest BCUT2D eigenvalue weighted by atomic mass is 9.89. The van der Waals surface area contributed by atoms with Gasteiger partial charge in [0, 0.05) is 12.0 Å². The minimum atomic E-state index is -0.550. The highest BCUT2D eigenvalue weighted by atomic mass is 16.5. The molecule has 5 heteroatoms. The van der Waals surface area contributed by atoms with E-state index in [2.05, 4.69) is 23.5 Å². The Kier molecular flexibility index (Phi) is 7.17. The van der Waals surface area contributed by atoms with E-state index in [1.165, 1.54) is 24.0 Å². The lowest BCUT2D eigenvalue weighted by molar-refractivity contribution is -0.148. The van der Waals surface area contributed by atoms with Crippen LogP contribution in [0, 0.1) is 0 Å². The number of Topliss-reactive ketones (excluding diaryl/α,β-unsaturated/α-hetero) is 1. The zero-order valence-corrected chi connectivity index (χ0v) is 16.8. The van der Waals surface area contributed by atoms with Gasteiger partial charge in [-0.2, -0.15) is 0 Å². The minimum Gasteiger partial charge on any atom is -0.456 e. The Morgan fingerprint density at radius 3 is 2.45 bits per heavy atom. The molecule has 1 unspecified atom stereocenters. The van der Waals surface area contributed by atoms with Crippen LogP contribution < -0.4 is 5.32 Å². The van der Waals surface area contributed by atoms with Crippen molar-refractivity contribution in [1.29, 1.82) is 0 Å². The second-order valence-corrected chi connectivity index (χ2v) is 7.47. The molecule has 3 rings (SSSR count). The van der Waals surface area contributed by atoms with Crippen molar-refractivity contribution in [2.75, 3.05) is 6.61 Å². The molecule has 0 heterocycles. The number of carbonyl (C=O) groups excluding carboxylic acids is 3. The summed E-state index contributed by atoms with van der Waals surface area (Å²) in [4.78, 5) is 36.0. The molecule has 0 saturated heterocycles. The van der Waals surface area contributed by atoms with E-state index >= 15 is 0 Å². The summed E-state index contributed by atoms with van der Waals surface area (Å²) in [7, 11) is 0. The average molecular weight is 393 g/mol. The first-order valence-corrected chi connectivity index (χ1v) is 10.2. The van der Waals surface area contributed by atoms with Crippen molar-refractivity contribution >= 4 is 17.7 Å². The smallest absolute Gasteiger partial charge is 0.306 e. The first-order chi connectivity index (χ1) is 14.0. The third-order valence-corrected chi connectivity index (χ3v) is 5.27. The summed E-state index contributed by atoms with van der Waals surface area (Å²) in [5, 5.41) is 2.87. The van der Waals surface area contributed by atoms with Crippen LogP contribution in [0.15, 0.2) is 48.5 Å². The van der Waals surface area contributed by atoms with Gasteiger partial charge >= 0.3 is 5.97 Å². The summed E-state index contributed by atoms with van der Waals surface area (Å²) in [6.07, 6.45) is 4.68. The summed E-state index contributed by atoms with van der Waals surface area (Å²) < 4.78 is 5.01. The van der Waals surface area contributed by atoms with Gasteiger partial charge in [-0.05, 0) is 49.3 Å². The van der Waals surface area contributed by atoms with Crippen LogP contribution in [-0.2, 0) is 27.2 Å². The molecule has 2 aromatic carbocycles. The van der Waals surface area contributed by atoms with Gasteiger partial charge in [-0.1, -0.05) is 48.5 Å². The maximum absolute atomic E-state index is 12.1. The van der Waals surface area contributed by atoms with Crippen molar-refractivity contribution in [3.8, 4) is 0 Å². The van der Waals surface area contributed by atoms with Crippen molar-refractivity contribution < 1.29 is 19.1 Å². The fourth-order valence-corrected chi connectivity index (χ4v) is 3.59. The van der Waals surface area contributed by atoms with E-state index in [4.69, 9.17) is 4.74 Å². The van der Waals surface area contributed by atoms with Gasteiger partial charge in [-0.25, -0.2) is 0 Å². The zero-order chi connectivity index (χ0) is 20.6. The van der Waals surface area contributed by atoms with Crippen molar-refractivity contribution in [3.63, 3.8) is 0 Å². The average Bonchev–Trinajstić information content (AvgIpc) is 2.76. The molecule has 0 bridgehead atoms. The quantitative estimate of drug-likeness (QED) is 0.544. The van der Waals surface area contributed by atoms with Gasteiger partial charge < -0.3 is 10.1 Å². The molecule has 1 N–H and O–H groups in total. The van der Waals surface area contributed by atoms with Crippen LogP contribution in [0.25, 0.3) is 0 Å². The number of benzene rings is 2. The fraction of sp³-hybridized carbons (Fsp3) is 0.375. The third-order valence-electron chi connectivity index (χ3n) is 5.27. The Hall–Kier alpha value is -2.95. The molecular formula is C24H27NO4. The molecule has 0 aliphatic heterocycles. The number of nitrogens with one attached hydrogen (secondary N) is 1. The van der Waals surface area contributed by atoms with Crippen LogP contribution in [0.4, 0.5) is 0 Å². The third kappa shape index (κ3) is 6.01. The van der Waals surface area contributed by atoms with Crippen LogP contribution in [0.5, 0.6) is 0 Å². The predicted octanol–water partition coefficient (Wildman–Crippen LogP) is 3.95. The molecule has 0 spiro atoms. The van der Waals surface area contributed by atoms with Gasteiger partial charge in [0.15, 0.2) is 12.4 Å². The zero-order valence-electron chi connectivity index (χ0n) is 16.8. The van der Waals surface area contributed by atoms with Gasteiger partial charge in [0.25, 0.3) is 5.91 Å². The normalized spacial score (nSPS) is 13.8. The standard InChI is InChI=1S/C24H27NO4/c1-17(20-12-11-18-7-5-6-10-21(18)15-20)25-23(27)16-29-24(28)14-13-22(26)19-8-3-2-4-9-19/h2-4,8-9,11-12,15,17H,5-7,10,13-14,16H2,1H3,(H,25,27). The van der Waals surface area contributed by atoms with Crippen LogP contribution in [0.1, 0.15) is 65.7 Å². The molecule has 0 aromatic heterocycles. The summed E-state index contributed by atoms with van der Waals surface area (Å²) in [6, 6.07) is 15.0. The molecule has 5 nitrogen and oxygen atoms in total. The molecule has 0 radical (unpaired) electrons. The topological polar surface area (TPSA) is 72.5 Å². The largest absolute Gasteiger partial charge is 0.456 e. The number of hydrogen-bond acceptors (Lipinski definition) is 4. The maximum Gasteiger partial charge on any atom is 0.306 e. The van der Waals surface area contributed by atoms with E-state index in [-0.39, 0.29) is 37.2 Å². The van der Waals surface area contributed by atoms with E-state index < -0.39 is 5.97 Å². The second kappa shape index (κ2) is 10.0. The first-order valence-electron chi connectivity index (χ1n) is 10.2. The second-order valence-electron chi connectivity index (χ2n) is 7.47. The molecule has 1 aliphatic carbocycles. The van der Waals surface area contributed by atoms with E-state index in [0.29, 0.717) is 5.56 Å². The minimum absolute atomic E-state index is 0.0403. The number of hydrogen-bond donors (Lipinski definition) is 1. The number of carbonyl (C=O) groups is 3. The number of amides is 1. The highest BCUT2D eigenvalue weighted by Gasteiger charge is 2.16. The van der Waals surface area contributed by atoms with E-state index in [9.17, 15) is 14.4 Å².